The molecule has 0 saturated carbocycles. The highest BCUT2D eigenvalue weighted by molar-refractivity contribution is 6.31. The fraction of sp³-hybridized carbons (Fsp3) is 0.417. The summed E-state index contributed by atoms with van der Waals surface area (Å²) in [5.41, 5.74) is 0.523. The van der Waals surface area contributed by atoms with Crippen molar-refractivity contribution in [1.29, 1.82) is 0 Å². The number of hydrogen-bond donors (Lipinski definition) is 0. The highest BCUT2D eigenvalue weighted by Crippen LogP contribution is 2.18. The number of halogens is 2. The molecule has 16 heavy (non-hydrogen) atoms. The van der Waals surface area contributed by atoms with Crippen LogP contribution in [0.3, 0.4) is 0 Å². The van der Waals surface area contributed by atoms with Gasteiger partial charge in [-0.3, -0.25) is 4.79 Å². The summed E-state index contributed by atoms with van der Waals surface area (Å²) in [6.45, 7) is 1.81. The number of carbonyl (C=O) groups is 1. The van der Waals surface area contributed by atoms with Gasteiger partial charge in [-0.1, -0.05) is 11.6 Å². The molecule has 0 aromatic heterocycles. The summed E-state index contributed by atoms with van der Waals surface area (Å²) in [5.74, 6) is -0.395. The Morgan fingerprint density at radius 3 is 2.88 bits per heavy atom. The van der Waals surface area contributed by atoms with E-state index in [1.807, 2.05) is 6.92 Å². The summed E-state index contributed by atoms with van der Waals surface area (Å²) in [6, 6.07) is 4.02. The number of Topliss-reactive ketones (excluding diaryl/α,β-unsaturated/α-hetero) is 1. The topological polar surface area (TPSA) is 26.3 Å². The van der Waals surface area contributed by atoms with E-state index in [0.29, 0.717) is 17.0 Å². The largest absolute Gasteiger partial charge is 0.381 e. The summed E-state index contributed by atoms with van der Waals surface area (Å²) in [5, 5.41) is 0.416. The summed E-state index contributed by atoms with van der Waals surface area (Å²) in [7, 11) is 1.55. The summed E-state index contributed by atoms with van der Waals surface area (Å²) in [4.78, 5) is 11.6. The van der Waals surface area contributed by atoms with Crippen LogP contribution in [0.4, 0.5) is 4.39 Å². The maximum absolute atomic E-state index is 12.9. The van der Waals surface area contributed by atoms with Gasteiger partial charge in [0.2, 0.25) is 0 Å². The van der Waals surface area contributed by atoms with Crippen LogP contribution >= 0.6 is 11.6 Å². The van der Waals surface area contributed by atoms with E-state index in [2.05, 4.69) is 0 Å². The summed E-state index contributed by atoms with van der Waals surface area (Å²) < 4.78 is 17.9. The molecule has 0 saturated heterocycles. The zero-order valence-electron chi connectivity index (χ0n) is 9.30. The fourth-order valence-electron chi connectivity index (χ4n) is 1.37. The minimum atomic E-state index is -0.382. The average Bonchev–Trinajstić information content (AvgIpc) is 2.23. The molecule has 2 nitrogen and oxygen atoms in total. The number of hydrogen-bond acceptors (Lipinski definition) is 2. The maximum Gasteiger partial charge on any atom is 0.139 e. The van der Waals surface area contributed by atoms with Crippen LogP contribution in [0.1, 0.15) is 18.9 Å². The molecular weight excluding hydrogens is 231 g/mol. The summed E-state index contributed by atoms with van der Waals surface area (Å²) >= 11 is 5.86. The van der Waals surface area contributed by atoms with Crippen LogP contribution in [0.25, 0.3) is 0 Å². The second kappa shape index (κ2) is 5.97. The molecule has 0 N–H and O–H groups in total. The SMILES string of the molecule is COC(C)CC(=O)Cc1cc(F)ccc1Cl. The van der Waals surface area contributed by atoms with Crippen molar-refractivity contribution >= 4 is 17.4 Å². The molecule has 0 fully saturated rings. The second-order valence-corrected chi connectivity index (χ2v) is 4.11. The Balaban J connectivity index is 2.65. The smallest absolute Gasteiger partial charge is 0.139 e. The zero-order chi connectivity index (χ0) is 12.1. The van der Waals surface area contributed by atoms with Crippen LogP contribution in [0.5, 0.6) is 0 Å². The van der Waals surface area contributed by atoms with Crippen LogP contribution in [0.15, 0.2) is 18.2 Å². The molecule has 0 spiro atoms. The van der Waals surface area contributed by atoms with Gasteiger partial charge in [-0.2, -0.15) is 0 Å². The molecule has 4 heteroatoms. The van der Waals surface area contributed by atoms with E-state index in [-0.39, 0.29) is 24.1 Å². The Labute approximate surface area is 99.4 Å². The molecular formula is C12H14ClFO2. The molecule has 0 aliphatic rings. The Morgan fingerprint density at radius 2 is 2.25 bits per heavy atom. The molecule has 1 rings (SSSR count). The second-order valence-electron chi connectivity index (χ2n) is 3.70. The molecule has 0 aliphatic heterocycles. The van der Waals surface area contributed by atoms with Crippen LogP contribution in [-0.4, -0.2) is 19.0 Å². The number of benzene rings is 1. The van der Waals surface area contributed by atoms with Crippen molar-refractivity contribution in [2.45, 2.75) is 25.9 Å². The van der Waals surface area contributed by atoms with Crippen LogP contribution < -0.4 is 0 Å². The van der Waals surface area contributed by atoms with Gasteiger partial charge in [0, 0.05) is 25.0 Å². The summed E-state index contributed by atoms with van der Waals surface area (Å²) in [6.07, 6.45) is 0.327. The zero-order valence-corrected chi connectivity index (χ0v) is 10.1. The Bertz CT molecular complexity index is 379. The van der Waals surface area contributed by atoms with Crippen LogP contribution in [0.2, 0.25) is 5.02 Å². The Morgan fingerprint density at radius 1 is 1.56 bits per heavy atom. The molecule has 0 radical (unpaired) electrons. The lowest BCUT2D eigenvalue weighted by atomic mass is 10.0. The number of carbonyl (C=O) groups excluding carboxylic acids is 1. The minimum absolute atomic E-state index is 0.0122. The third-order valence-corrected chi connectivity index (χ3v) is 2.68. The molecule has 0 amide bonds. The molecule has 1 aromatic rings. The number of methoxy groups -OCH3 is 1. The first kappa shape index (κ1) is 13.1. The lowest BCUT2D eigenvalue weighted by molar-refractivity contribution is -0.120. The number of ether oxygens (including phenoxy) is 1. The standard InChI is InChI=1S/C12H14ClFO2/c1-8(16-2)5-11(15)7-9-6-10(14)3-4-12(9)13/h3-4,6,8H,5,7H2,1-2H3. The molecule has 1 unspecified atom stereocenters. The van der Waals surface area contributed by atoms with Crippen molar-refractivity contribution in [2.24, 2.45) is 0 Å². The molecule has 1 atom stereocenters. The van der Waals surface area contributed by atoms with Crippen molar-refractivity contribution in [2.75, 3.05) is 7.11 Å². The van der Waals surface area contributed by atoms with Gasteiger partial charge in [-0.15, -0.1) is 0 Å². The van der Waals surface area contributed by atoms with E-state index in [9.17, 15) is 9.18 Å². The van der Waals surface area contributed by atoms with Crippen molar-refractivity contribution in [3.05, 3.63) is 34.6 Å². The monoisotopic (exact) mass is 244 g/mol. The predicted octanol–water partition coefficient (Wildman–Crippen LogP) is 3.02. The molecule has 0 heterocycles. The van der Waals surface area contributed by atoms with Crippen molar-refractivity contribution in [3.8, 4) is 0 Å². The van der Waals surface area contributed by atoms with E-state index >= 15 is 0 Å². The number of rotatable bonds is 5. The van der Waals surface area contributed by atoms with Crippen LogP contribution in [-0.2, 0) is 16.0 Å². The van der Waals surface area contributed by atoms with E-state index in [1.54, 1.807) is 7.11 Å². The van der Waals surface area contributed by atoms with Gasteiger partial charge in [0.25, 0.3) is 0 Å². The first-order valence-corrected chi connectivity index (χ1v) is 5.39. The quantitative estimate of drug-likeness (QED) is 0.796. The van der Waals surface area contributed by atoms with E-state index in [0.717, 1.165) is 0 Å². The van der Waals surface area contributed by atoms with Gasteiger partial charge in [-0.05, 0) is 30.7 Å². The molecule has 1 aromatic carbocycles. The fourth-order valence-corrected chi connectivity index (χ4v) is 1.55. The van der Waals surface area contributed by atoms with Gasteiger partial charge in [0.1, 0.15) is 11.6 Å². The van der Waals surface area contributed by atoms with E-state index in [4.69, 9.17) is 16.3 Å². The van der Waals surface area contributed by atoms with Gasteiger partial charge in [0.05, 0.1) is 6.10 Å². The minimum Gasteiger partial charge on any atom is -0.381 e. The highest BCUT2D eigenvalue weighted by atomic mass is 35.5. The van der Waals surface area contributed by atoms with Gasteiger partial charge >= 0.3 is 0 Å². The van der Waals surface area contributed by atoms with Crippen molar-refractivity contribution in [1.82, 2.24) is 0 Å². The van der Waals surface area contributed by atoms with Crippen LogP contribution in [0, 0.1) is 5.82 Å². The van der Waals surface area contributed by atoms with Gasteiger partial charge in [-0.25, -0.2) is 4.39 Å². The van der Waals surface area contributed by atoms with Crippen molar-refractivity contribution in [3.63, 3.8) is 0 Å². The lowest BCUT2D eigenvalue weighted by Crippen LogP contribution is -2.14. The van der Waals surface area contributed by atoms with Crippen molar-refractivity contribution < 1.29 is 13.9 Å². The lowest BCUT2D eigenvalue weighted by Gasteiger charge is -2.08. The third-order valence-electron chi connectivity index (χ3n) is 2.31. The highest BCUT2D eigenvalue weighted by Gasteiger charge is 2.11. The Kier molecular flexibility index (Phi) is 4.90. The predicted molar refractivity (Wildman–Crippen MR) is 61.2 cm³/mol. The normalized spacial score (nSPS) is 12.5. The number of ketones is 1. The molecule has 0 aliphatic carbocycles. The van der Waals surface area contributed by atoms with E-state index < -0.39 is 0 Å². The first-order valence-electron chi connectivity index (χ1n) is 5.01. The molecule has 0 bridgehead atoms. The van der Waals surface area contributed by atoms with E-state index in [1.165, 1.54) is 18.2 Å². The first-order chi connectivity index (χ1) is 7.52. The maximum atomic E-state index is 12.9. The van der Waals surface area contributed by atoms with Gasteiger partial charge < -0.3 is 4.74 Å². The molecule has 88 valence electrons. The van der Waals surface area contributed by atoms with Gasteiger partial charge in [0.15, 0.2) is 0 Å². The average molecular weight is 245 g/mol. The Hall–Kier alpha value is -0.930. The third kappa shape index (κ3) is 3.91.